The summed E-state index contributed by atoms with van der Waals surface area (Å²) in [6.07, 6.45) is 2.07. The zero-order chi connectivity index (χ0) is 14.3. The number of rotatable bonds is 7. The molecule has 0 aliphatic rings. The van der Waals surface area contributed by atoms with E-state index in [2.05, 4.69) is 15.3 Å². The third-order valence-electron chi connectivity index (χ3n) is 2.45. The number of ether oxygens (including phenoxy) is 2. The minimum atomic E-state index is -0.422. The molecule has 1 aromatic heterocycles. The van der Waals surface area contributed by atoms with Crippen LogP contribution in [0.15, 0.2) is 12.4 Å². The van der Waals surface area contributed by atoms with E-state index in [4.69, 9.17) is 9.47 Å². The van der Waals surface area contributed by atoms with Crippen molar-refractivity contribution in [1.29, 1.82) is 0 Å². The van der Waals surface area contributed by atoms with E-state index in [-0.39, 0.29) is 5.97 Å². The lowest BCUT2D eigenvalue weighted by atomic mass is 10.0. The zero-order valence-electron chi connectivity index (χ0n) is 11.8. The summed E-state index contributed by atoms with van der Waals surface area (Å²) < 4.78 is 10.1. The number of methoxy groups -OCH3 is 1. The molecule has 1 rings (SSSR count). The highest BCUT2D eigenvalue weighted by Crippen LogP contribution is 2.15. The predicted octanol–water partition coefficient (Wildman–Crippen LogP) is 1.87. The standard InChI is InChI=1S/C13H21N3O3/c1-5-19-12-7-11(14-8-15-12)16-10(6-9(2)3)13(17)18-4/h7-10H,5-6H2,1-4H3,(H,14,15,16). The minimum Gasteiger partial charge on any atom is -0.478 e. The molecule has 0 saturated heterocycles. The number of nitrogens with one attached hydrogen (secondary N) is 1. The van der Waals surface area contributed by atoms with Crippen LogP contribution in [0, 0.1) is 5.92 Å². The van der Waals surface area contributed by atoms with Crippen molar-refractivity contribution in [1.82, 2.24) is 9.97 Å². The van der Waals surface area contributed by atoms with Crippen molar-refractivity contribution < 1.29 is 14.3 Å². The Kier molecular flexibility index (Phi) is 6.05. The van der Waals surface area contributed by atoms with Crippen molar-refractivity contribution in [3.8, 4) is 5.88 Å². The fourth-order valence-electron chi connectivity index (χ4n) is 1.65. The van der Waals surface area contributed by atoms with Crippen molar-refractivity contribution in [2.24, 2.45) is 5.92 Å². The van der Waals surface area contributed by atoms with Crippen LogP contribution < -0.4 is 10.1 Å². The molecule has 19 heavy (non-hydrogen) atoms. The quantitative estimate of drug-likeness (QED) is 0.760. The third kappa shape index (κ3) is 5.11. The summed E-state index contributed by atoms with van der Waals surface area (Å²) in [5.41, 5.74) is 0. The van der Waals surface area contributed by atoms with E-state index in [1.165, 1.54) is 13.4 Å². The molecule has 0 aliphatic carbocycles. The first-order valence-electron chi connectivity index (χ1n) is 6.36. The van der Waals surface area contributed by atoms with Gasteiger partial charge in [-0.15, -0.1) is 0 Å². The van der Waals surface area contributed by atoms with Crippen molar-refractivity contribution in [3.63, 3.8) is 0 Å². The van der Waals surface area contributed by atoms with Gasteiger partial charge in [-0.1, -0.05) is 13.8 Å². The predicted molar refractivity (Wildman–Crippen MR) is 72.1 cm³/mol. The van der Waals surface area contributed by atoms with E-state index in [1.807, 2.05) is 20.8 Å². The van der Waals surface area contributed by atoms with Crippen LogP contribution in [0.2, 0.25) is 0 Å². The first kappa shape index (κ1) is 15.2. The van der Waals surface area contributed by atoms with E-state index in [0.29, 0.717) is 30.6 Å². The Morgan fingerprint density at radius 1 is 1.42 bits per heavy atom. The summed E-state index contributed by atoms with van der Waals surface area (Å²) in [4.78, 5) is 19.8. The maximum Gasteiger partial charge on any atom is 0.328 e. The molecule has 6 nitrogen and oxygen atoms in total. The molecule has 0 saturated carbocycles. The molecular weight excluding hydrogens is 246 g/mol. The topological polar surface area (TPSA) is 73.3 Å². The number of anilines is 1. The maximum atomic E-state index is 11.7. The van der Waals surface area contributed by atoms with Gasteiger partial charge in [-0.2, -0.15) is 0 Å². The van der Waals surface area contributed by atoms with Gasteiger partial charge in [-0.25, -0.2) is 14.8 Å². The lowest BCUT2D eigenvalue weighted by Crippen LogP contribution is -2.32. The molecule has 0 aliphatic heterocycles. The summed E-state index contributed by atoms with van der Waals surface area (Å²) in [7, 11) is 1.38. The van der Waals surface area contributed by atoms with Gasteiger partial charge in [0.1, 0.15) is 18.2 Å². The SMILES string of the molecule is CCOc1cc(NC(CC(C)C)C(=O)OC)ncn1. The molecule has 1 aromatic rings. The summed E-state index contributed by atoms with van der Waals surface area (Å²) in [6.45, 7) is 6.50. The molecule has 1 heterocycles. The van der Waals surface area contributed by atoms with E-state index in [0.717, 1.165) is 0 Å². The molecule has 106 valence electrons. The monoisotopic (exact) mass is 267 g/mol. The number of hydrogen-bond donors (Lipinski definition) is 1. The van der Waals surface area contributed by atoms with Gasteiger partial charge in [0.2, 0.25) is 5.88 Å². The second-order valence-electron chi connectivity index (χ2n) is 4.52. The Labute approximate surface area is 113 Å². The normalized spacial score (nSPS) is 12.1. The Morgan fingerprint density at radius 2 is 2.16 bits per heavy atom. The summed E-state index contributed by atoms with van der Waals surface area (Å²) in [5, 5.41) is 3.05. The Bertz CT molecular complexity index is 410. The number of carbonyl (C=O) groups is 1. The highest BCUT2D eigenvalue weighted by molar-refractivity contribution is 5.78. The zero-order valence-corrected chi connectivity index (χ0v) is 11.8. The summed E-state index contributed by atoms with van der Waals surface area (Å²) >= 11 is 0. The van der Waals surface area contributed by atoms with Crippen LogP contribution in [-0.4, -0.2) is 35.7 Å². The van der Waals surface area contributed by atoms with Gasteiger partial charge in [0, 0.05) is 6.07 Å². The third-order valence-corrected chi connectivity index (χ3v) is 2.45. The molecule has 0 amide bonds. The van der Waals surface area contributed by atoms with Gasteiger partial charge in [-0.3, -0.25) is 0 Å². The van der Waals surface area contributed by atoms with Gasteiger partial charge in [0.15, 0.2) is 0 Å². The van der Waals surface area contributed by atoms with Crippen molar-refractivity contribution in [2.45, 2.75) is 33.2 Å². The second kappa shape index (κ2) is 7.56. The molecule has 0 fully saturated rings. The van der Waals surface area contributed by atoms with Crippen LogP contribution >= 0.6 is 0 Å². The fourth-order valence-corrected chi connectivity index (χ4v) is 1.65. The molecule has 0 spiro atoms. The highest BCUT2D eigenvalue weighted by Gasteiger charge is 2.20. The molecule has 0 aromatic carbocycles. The average Bonchev–Trinajstić information content (AvgIpc) is 2.37. The lowest BCUT2D eigenvalue weighted by molar-refractivity contribution is -0.141. The van der Waals surface area contributed by atoms with Crippen molar-refractivity contribution in [3.05, 3.63) is 12.4 Å². The first-order valence-corrected chi connectivity index (χ1v) is 6.36. The Hall–Kier alpha value is -1.85. The van der Waals surface area contributed by atoms with Crippen LogP contribution in [-0.2, 0) is 9.53 Å². The Balaban J connectivity index is 2.77. The summed E-state index contributed by atoms with van der Waals surface area (Å²) in [5.74, 6) is 1.10. The highest BCUT2D eigenvalue weighted by atomic mass is 16.5. The van der Waals surface area contributed by atoms with Crippen LogP contribution in [0.3, 0.4) is 0 Å². The molecule has 0 radical (unpaired) electrons. The van der Waals surface area contributed by atoms with Crippen LogP contribution in [0.4, 0.5) is 5.82 Å². The van der Waals surface area contributed by atoms with Crippen molar-refractivity contribution >= 4 is 11.8 Å². The van der Waals surface area contributed by atoms with Gasteiger partial charge in [0.05, 0.1) is 13.7 Å². The average molecular weight is 267 g/mol. The lowest BCUT2D eigenvalue weighted by Gasteiger charge is -2.18. The van der Waals surface area contributed by atoms with Crippen molar-refractivity contribution in [2.75, 3.05) is 19.0 Å². The van der Waals surface area contributed by atoms with Crippen LogP contribution in [0.5, 0.6) is 5.88 Å². The second-order valence-corrected chi connectivity index (χ2v) is 4.52. The maximum absolute atomic E-state index is 11.7. The van der Waals surface area contributed by atoms with Gasteiger partial charge in [-0.05, 0) is 19.3 Å². The van der Waals surface area contributed by atoms with Gasteiger partial charge < -0.3 is 14.8 Å². The number of aromatic nitrogens is 2. The van der Waals surface area contributed by atoms with E-state index in [9.17, 15) is 4.79 Å². The van der Waals surface area contributed by atoms with E-state index < -0.39 is 6.04 Å². The summed E-state index contributed by atoms with van der Waals surface area (Å²) in [6, 6.07) is 1.24. The molecule has 6 heteroatoms. The smallest absolute Gasteiger partial charge is 0.328 e. The number of carbonyl (C=O) groups excluding carboxylic acids is 1. The van der Waals surface area contributed by atoms with Crippen LogP contribution in [0.25, 0.3) is 0 Å². The molecular formula is C13H21N3O3. The number of nitrogens with zero attached hydrogens (tertiary/aromatic N) is 2. The first-order chi connectivity index (χ1) is 9.06. The van der Waals surface area contributed by atoms with Gasteiger partial charge >= 0.3 is 5.97 Å². The minimum absolute atomic E-state index is 0.301. The van der Waals surface area contributed by atoms with Crippen LogP contribution in [0.1, 0.15) is 27.2 Å². The Morgan fingerprint density at radius 3 is 2.74 bits per heavy atom. The van der Waals surface area contributed by atoms with E-state index >= 15 is 0 Å². The van der Waals surface area contributed by atoms with Gasteiger partial charge in [0.25, 0.3) is 0 Å². The molecule has 1 atom stereocenters. The molecule has 1 N–H and O–H groups in total. The number of esters is 1. The largest absolute Gasteiger partial charge is 0.478 e. The van der Waals surface area contributed by atoms with E-state index in [1.54, 1.807) is 6.07 Å². The number of hydrogen-bond acceptors (Lipinski definition) is 6. The molecule has 0 bridgehead atoms. The fraction of sp³-hybridized carbons (Fsp3) is 0.615. The molecule has 1 unspecified atom stereocenters.